The molecule has 2 heterocycles. The normalized spacial score (nSPS) is 19.5. The zero-order valence-electron chi connectivity index (χ0n) is 22.2. The summed E-state index contributed by atoms with van der Waals surface area (Å²) < 4.78 is 24.2. The lowest BCUT2D eigenvalue weighted by Crippen LogP contribution is -2.48. The van der Waals surface area contributed by atoms with E-state index in [1.165, 1.54) is 29.2 Å². The molecule has 39 heavy (non-hydrogen) atoms. The molecule has 0 spiro atoms. The van der Waals surface area contributed by atoms with Crippen LogP contribution in [-0.2, 0) is 9.53 Å². The number of benzene rings is 2. The first-order chi connectivity index (χ1) is 18.9. The number of hydrogen-bond acceptors (Lipinski definition) is 7. The summed E-state index contributed by atoms with van der Waals surface area (Å²) in [6.07, 6.45) is 0.272. The highest BCUT2D eigenvalue weighted by atomic mass is 19.1. The first-order valence-corrected chi connectivity index (χ1v) is 13.2. The molecule has 11 heteroatoms. The summed E-state index contributed by atoms with van der Waals surface area (Å²) in [6.45, 7) is 4.58. The molecule has 0 saturated carbocycles. The second-order valence-corrected chi connectivity index (χ2v) is 9.63. The van der Waals surface area contributed by atoms with Crippen LogP contribution < -0.4 is 15.8 Å². The average molecular weight is 542 g/mol. The molecule has 0 aromatic heterocycles. The van der Waals surface area contributed by atoms with Gasteiger partial charge in [0.05, 0.1) is 26.4 Å². The van der Waals surface area contributed by atoms with Crippen LogP contribution in [0.4, 0.5) is 4.39 Å². The van der Waals surface area contributed by atoms with E-state index in [4.69, 9.17) is 15.2 Å². The van der Waals surface area contributed by atoms with Crippen molar-refractivity contribution in [2.75, 3.05) is 66.1 Å². The number of rotatable bonds is 10. The molecule has 0 radical (unpaired) electrons. The fraction of sp³-hybridized carbons (Fsp3) is 0.464. The third-order valence-corrected chi connectivity index (χ3v) is 7.18. The summed E-state index contributed by atoms with van der Waals surface area (Å²) in [6, 6.07) is 10.9. The van der Waals surface area contributed by atoms with Gasteiger partial charge in [0.2, 0.25) is 5.91 Å². The van der Waals surface area contributed by atoms with E-state index in [-0.39, 0.29) is 43.4 Å². The lowest BCUT2D eigenvalue weighted by atomic mass is 10.1. The summed E-state index contributed by atoms with van der Waals surface area (Å²) in [7, 11) is 1.56. The lowest BCUT2D eigenvalue weighted by molar-refractivity contribution is -0.124. The highest BCUT2D eigenvalue weighted by molar-refractivity contribution is 5.98. The maximum absolute atomic E-state index is 13.8. The predicted octanol–water partition coefficient (Wildman–Crippen LogP) is 0.967. The van der Waals surface area contributed by atoms with Crippen molar-refractivity contribution in [3.8, 4) is 5.75 Å². The number of carbonyl (C=O) groups is 3. The molecule has 4 rings (SSSR count). The van der Waals surface area contributed by atoms with Crippen LogP contribution in [0.25, 0.3) is 0 Å². The van der Waals surface area contributed by atoms with Gasteiger partial charge in [-0.25, -0.2) is 4.39 Å². The fourth-order valence-electron chi connectivity index (χ4n) is 5.01. The molecular weight excluding hydrogens is 505 g/mol. The van der Waals surface area contributed by atoms with E-state index >= 15 is 0 Å². The number of ether oxygens (including phenoxy) is 2. The van der Waals surface area contributed by atoms with E-state index in [1.807, 2.05) is 0 Å². The van der Waals surface area contributed by atoms with Gasteiger partial charge in [-0.3, -0.25) is 19.3 Å². The molecule has 210 valence electrons. The average Bonchev–Trinajstić information content (AvgIpc) is 3.42. The number of nitrogens with two attached hydrogens (primary N) is 1. The van der Waals surface area contributed by atoms with Gasteiger partial charge < -0.3 is 30.3 Å². The molecule has 2 aliphatic heterocycles. The highest BCUT2D eigenvalue weighted by Gasteiger charge is 2.43. The Morgan fingerprint density at radius 2 is 1.74 bits per heavy atom. The maximum atomic E-state index is 13.8. The zero-order valence-corrected chi connectivity index (χ0v) is 22.2. The van der Waals surface area contributed by atoms with Crippen molar-refractivity contribution in [1.29, 1.82) is 0 Å². The Morgan fingerprint density at radius 1 is 1.08 bits per heavy atom. The van der Waals surface area contributed by atoms with Gasteiger partial charge in [-0.1, -0.05) is 0 Å². The molecule has 2 atom stereocenters. The van der Waals surface area contributed by atoms with Crippen molar-refractivity contribution >= 4 is 17.7 Å². The molecule has 2 aliphatic rings. The van der Waals surface area contributed by atoms with Crippen LogP contribution in [0.2, 0.25) is 0 Å². The third kappa shape index (κ3) is 7.11. The van der Waals surface area contributed by atoms with E-state index in [2.05, 4.69) is 10.2 Å². The summed E-state index contributed by atoms with van der Waals surface area (Å²) in [5.41, 5.74) is 6.34. The Morgan fingerprint density at radius 3 is 2.38 bits per heavy atom. The van der Waals surface area contributed by atoms with E-state index < -0.39 is 23.8 Å². The maximum Gasteiger partial charge on any atom is 0.254 e. The van der Waals surface area contributed by atoms with Crippen LogP contribution in [0.5, 0.6) is 5.75 Å². The number of methoxy groups -OCH3 is 1. The Balaban J connectivity index is 1.60. The van der Waals surface area contributed by atoms with Gasteiger partial charge in [-0.15, -0.1) is 0 Å². The van der Waals surface area contributed by atoms with Gasteiger partial charge in [0.25, 0.3) is 11.8 Å². The number of nitrogens with one attached hydrogen (secondary N) is 1. The number of amides is 3. The Kier molecular flexibility index (Phi) is 9.85. The van der Waals surface area contributed by atoms with Gasteiger partial charge >= 0.3 is 0 Å². The fourth-order valence-corrected chi connectivity index (χ4v) is 5.01. The van der Waals surface area contributed by atoms with Crippen LogP contribution in [0.3, 0.4) is 0 Å². The van der Waals surface area contributed by atoms with Crippen molar-refractivity contribution < 1.29 is 28.2 Å². The zero-order chi connectivity index (χ0) is 27.8. The molecule has 2 unspecified atom stereocenters. The van der Waals surface area contributed by atoms with Crippen LogP contribution in [0.1, 0.15) is 27.1 Å². The topological polar surface area (TPSA) is 117 Å². The molecule has 0 bridgehead atoms. The number of likely N-dealkylation sites (tertiary alicyclic amines) is 1. The van der Waals surface area contributed by atoms with E-state index in [0.717, 1.165) is 13.1 Å². The summed E-state index contributed by atoms with van der Waals surface area (Å²) in [4.78, 5) is 45.9. The van der Waals surface area contributed by atoms with Crippen LogP contribution in [0.15, 0.2) is 48.5 Å². The minimum absolute atomic E-state index is 0.169. The number of carbonyl (C=O) groups excluding carboxylic acids is 3. The molecule has 2 saturated heterocycles. The molecule has 2 fully saturated rings. The number of halogens is 1. The van der Waals surface area contributed by atoms with Crippen molar-refractivity contribution in [2.24, 2.45) is 5.73 Å². The van der Waals surface area contributed by atoms with E-state index in [9.17, 15) is 18.8 Å². The molecular formula is C28H36FN5O5. The van der Waals surface area contributed by atoms with Crippen LogP contribution >= 0.6 is 0 Å². The van der Waals surface area contributed by atoms with E-state index in [0.29, 0.717) is 37.6 Å². The smallest absolute Gasteiger partial charge is 0.254 e. The highest BCUT2D eigenvalue weighted by Crippen LogP contribution is 2.27. The van der Waals surface area contributed by atoms with Crippen LogP contribution in [0, 0.1) is 5.82 Å². The Labute approximate surface area is 227 Å². The van der Waals surface area contributed by atoms with Crippen molar-refractivity contribution in [1.82, 2.24) is 20.0 Å². The molecule has 10 nitrogen and oxygen atoms in total. The Hall–Kier alpha value is -3.54. The van der Waals surface area contributed by atoms with Crippen molar-refractivity contribution in [3.05, 3.63) is 65.5 Å². The van der Waals surface area contributed by atoms with Gasteiger partial charge in [0.15, 0.2) is 0 Å². The summed E-state index contributed by atoms with van der Waals surface area (Å²) >= 11 is 0. The summed E-state index contributed by atoms with van der Waals surface area (Å²) in [5, 5.41) is 2.78. The molecule has 2 aromatic carbocycles. The van der Waals surface area contributed by atoms with Gasteiger partial charge in [0, 0.05) is 56.9 Å². The lowest BCUT2D eigenvalue weighted by Gasteiger charge is -2.33. The van der Waals surface area contributed by atoms with Gasteiger partial charge in [-0.2, -0.15) is 0 Å². The largest absolute Gasteiger partial charge is 0.497 e. The van der Waals surface area contributed by atoms with Crippen molar-refractivity contribution in [2.45, 2.75) is 18.5 Å². The first-order valence-electron chi connectivity index (χ1n) is 13.2. The quantitative estimate of drug-likeness (QED) is 0.460. The second-order valence-electron chi connectivity index (χ2n) is 9.63. The van der Waals surface area contributed by atoms with E-state index in [1.54, 1.807) is 36.3 Å². The number of hydrogen-bond donors (Lipinski definition) is 2. The monoisotopic (exact) mass is 541 g/mol. The number of morpholine rings is 1. The molecule has 3 amide bonds. The molecule has 3 N–H and O–H groups in total. The predicted molar refractivity (Wildman–Crippen MR) is 143 cm³/mol. The SMILES string of the molecule is COc1ccc(C(=O)N(CCN2CCOCC2)C2CC(C(=O)NCCN)N(C(=O)c3ccc(F)cc3)C2)cc1. The van der Waals surface area contributed by atoms with Crippen LogP contribution in [-0.4, -0.2) is 111 Å². The van der Waals surface area contributed by atoms with Crippen molar-refractivity contribution in [3.63, 3.8) is 0 Å². The second kappa shape index (κ2) is 13.5. The molecule has 0 aliphatic carbocycles. The molecule has 2 aromatic rings. The standard InChI is InChI=1S/C28H36FN5O5/c1-38-24-8-4-21(5-9-24)27(36)33(13-12-32-14-16-39-17-15-32)23-18-25(26(35)31-11-10-30)34(19-23)28(37)20-2-6-22(29)7-3-20/h2-9,23,25H,10-19,30H2,1H3,(H,31,35). The minimum atomic E-state index is -0.798. The first kappa shape index (κ1) is 28.5. The Bertz CT molecular complexity index is 1120. The van der Waals surface area contributed by atoms with Gasteiger partial charge in [0.1, 0.15) is 17.6 Å². The number of nitrogens with zero attached hydrogens (tertiary/aromatic N) is 3. The third-order valence-electron chi connectivity index (χ3n) is 7.18. The minimum Gasteiger partial charge on any atom is -0.497 e. The summed E-state index contributed by atoms with van der Waals surface area (Å²) in [5.74, 6) is -0.727. The van der Waals surface area contributed by atoms with Gasteiger partial charge in [-0.05, 0) is 55.0 Å².